The van der Waals surface area contributed by atoms with Crippen LogP contribution in [0.4, 0.5) is 11.4 Å². The smallest absolute Gasteiger partial charge is 0.139 e. The minimum atomic E-state index is -0.632. The molecule has 0 aliphatic heterocycles. The summed E-state index contributed by atoms with van der Waals surface area (Å²) in [6.45, 7) is 3.85. The molecule has 0 spiro atoms. The zero-order valence-electron chi connectivity index (χ0n) is 16.5. The van der Waals surface area contributed by atoms with E-state index in [-0.39, 0.29) is 22.9 Å². The predicted molar refractivity (Wildman–Crippen MR) is 119 cm³/mol. The number of phenols is 2. The maximum Gasteiger partial charge on any atom is 0.139 e. The molecule has 3 aromatic carbocycles. The van der Waals surface area contributed by atoms with Crippen molar-refractivity contribution in [2.24, 2.45) is 0 Å². The van der Waals surface area contributed by atoms with E-state index in [0.29, 0.717) is 11.1 Å². The van der Waals surface area contributed by atoms with Gasteiger partial charge in [0.15, 0.2) is 0 Å². The second-order valence-corrected chi connectivity index (χ2v) is 6.91. The van der Waals surface area contributed by atoms with E-state index >= 15 is 0 Å². The van der Waals surface area contributed by atoms with Crippen LogP contribution in [-0.2, 0) is 5.41 Å². The fourth-order valence-electron chi connectivity index (χ4n) is 3.10. The summed E-state index contributed by atoms with van der Waals surface area (Å²) >= 11 is 0. The third kappa shape index (κ3) is 4.29. The van der Waals surface area contributed by atoms with E-state index in [9.17, 15) is 10.2 Å². The number of terminal acetylenes is 2. The lowest BCUT2D eigenvalue weighted by molar-refractivity contribution is 0.476. The molecule has 0 unspecified atom stereocenters. The van der Waals surface area contributed by atoms with Gasteiger partial charge in [0.1, 0.15) is 11.5 Å². The number of rotatable bonds is 2. The number of hydrogen-bond acceptors (Lipinski definition) is 4. The Morgan fingerprint density at radius 2 is 1.00 bits per heavy atom. The molecule has 0 bridgehead atoms. The van der Waals surface area contributed by atoms with Crippen LogP contribution in [0.2, 0.25) is 0 Å². The van der Waals surface area contributed by atoms with Crippen molar-refractivity contribution in [2.75, 3.05) is 11.5 Å². The van der Waals surface area contributed by atoms with Gasteiger partial charge in [-0.3, -0.25) is 0 Å². The molecule has 0 saturated carbocycles. The highest BCUT2D eigenvalue weighted by Crippen LogP contribution is 2.41. The molecule has 146 valence electrons. The average molecular weight is 384 g/mol. The second-order valence-electron chi connectivity index (χ2n) is 6.91. The normalized spacial score (nSPS) is 10.2. The number of nitrogen functional groups attached to an aromatic ring is 2. The van der Waals surface area contributed by atoms with E-state index in [1.54, 1.807) is 12.1 Å². The molecule has 6 N–H and O–H groups in total. The lowest BCUT2D eigenvalue weighted by atomic mass is 9.73. The Morgan fingerprint density at radius 3 is 1.28 bits per heavy atom. The highest BCUT2D eigenvalue weighted by atomic mass is 16.3. The maximum absolute atomic E-state index is 9.77. The van der Waals surface area contributed by atoms with Crippen molar-refractivity contribution >= 4 is 11.4 Å². The van der Waals surface area contributed by atoms with Crippen LogP contribution < -0.4 is 11.5 Å². The molecule has 0 aliphatic carbocycles. The van der Waals surface area contributed by atoms with E-state index in [4.69, 9.17) is 24.3 Å². The molecule has 0 radical (unpaired) electrons. The molecule has 0 atom stereocenters. The van der Waals surface area contributed by atoms with Crippen molar-refractivity contribution in [3.63, 3.8) is 0 Å². The van der Waals surface area contributed by atoms with Gasteiger partial charge in [0.2, 0.25) is 0 Å². The Hall–Kier alpha value is -4.02. The topological polar surface area (TPSA) is 92.5 Å². The summed E-state index contributed by atoms with van der Waals surface area (Å²) in [4.78, 5) is 0. The molecule has 3 rings (SSSR count). The number of hydrogen-bond donors (Lipinski definition) is 4. The Labute approximate surface area is 171 Å². The molecular weight excluding hydrogens is 360 g/mol. The molecule has 0 heterocycles. The van der Waals surface area contributed by atoms with Gasteiger partial charge in [-0.1, -0.05) is 74.2 Å². The first-order valence-electron chi connectivity index (χ1n) is 8.92. The van der Waals surface area contributed by atoms with Crippen molar-refractivity contribution in [3.8, 4) is 36.2 Å². The number of phenolic OH excluding ortho intramolecular Hbond substituents is 2. The number of nitrogens with two attached hydrogens (primary N) is 2. The molecule has 0 amide bonds. The van der Waals surface area contributed by atoms with Gasteiger partial charge < -0.3 is 21.7 Å². The summed E-state index contributed by atoms with van der Waals surface area (Å²) in [5.41, 5.74) is 13.7. The molecule has 3 aromatic rings. The Bertz CT molecular complexity index is 990. The second kappa shape index (κ2) is 8.78. The number of benzene rings is 3. The third-order valence-corrected chi connectivity index (χ3v) is 4.75. The van der Waals surface area contributed by atoms with Crippen LogP contribution in [0.3, 0.4) is 0 Å². The fourth-order valence-corrected chi connectivity index (χ4v) is 3.10. The van der Waals surface area contributed by atoms with Gasteiger partial charge in [-0.05, 0) is 23.3 Å². The Kier molecular flexibility index (Phi) is 6.44. The van der Waals surface area contributed by atoms with E-state index in [1.165, 1.54) is 12.1 Å². The van der Waals surface area contributed by atoms with Crippen LogP contribution in [0.5, 0.6) is 11.5 Å². The zero-order valence-corrected chi connectivity index (χ0v) is 16.5. The van der Waals surface area contributed by atoms with Gasteiger partial charge in [0.05, 0.1) is 22.5 Å². The summed E-state index contributed by atoms with van der Waals surface area (Å²) in [7, 11) is 0. The molecule has 4 nitrogen and oxygen atoms in total. The SMILES string of the molecule is C#Cc1c(C(C)(C)c2ccc(O)c(N)c2C#C)ccc(O)c1N.c1ccccc1. The number of aromatic hydroxyl groups is 2. The van der Waals surface area contributed by atoms with Crippen molar-refractivity contribution in [1.82, 2.24) is 0 Å². The summed E-state index contributed by atoms with van der Waals surface area (Å²) in [5.74, 6) is 4.91. The van der Waals surface area contributed by atoms with Gasteiger partial charge in [0, 0.05) is 5.41 Å². The summed E-state index contributed by atoms with van der Waals surface area (Å²) in [5, 5.41) is 19.5. The quantitative estimate of drug-likeness (QED) is 0.302. The number of anilines is 2. The predicted octanol–water partition coefficient (Wildman–Crippen LogP) is 4.24. The molecule has 0 aromatic heterocycles. The molecule has 0 fully saturated rings. The van der Waals surface area contributed by atoms with Crippen LogP contribution in [-0.4, -0.2) is 10.2 Å². The molecular formula is C25H24N2O2. The summed E-state index contributed by atoms with van der Waals surface area (Å²) < 4.78 is 0. The van der Waals surface area contributed by atoms with Crippen molar-refractivity contribution in [1.29, 1.82) is 0 Å². The van der Waals surface area contributed by atoms with Crippen molar-refractivity contribution < 1.29 is 10.2 Å². The summed E-state index contributed by atoms with van der Waals surface area (Å²) in [6, 6.07) is 18.4. The Morgan fingerprint density at radius 1 is 0.690 bits per heavy atom. The van der Waals surface area contributed by atoms with Crippen molar-refractivity contribution in [2.45, 2.75) is 19.3 Å². The van der Waals surface area contributed by atoms with E-state index in [2.05, 4.69) is 11.8 Å². The lowest BCUT2D eigenvalue weighted by Gasteiger charge is -2.30. The standard InChI is InChI=1S/C19H18N2O2.C6H6/c1-5-11-13(7-9-15(22)17(11)20)19(3,4)14-8-10-16(23)18(21)12(14)6-2;1-2-4-6-5-3-1/h1-2,7-10,22-23H,20-21H2,3-4H3;1-6H. The third-order valence-electron chi connectivity index (χ3n) is 4.75. The largest absolute Gasteiger partial charge is 0.506 e. The van der Waals surface area contributed by atoms with Gasteiger partial charge in [-0.15, -0.1) is 12.8 Å². The molecule has 0 saturated heterocycles. The monoisotopic (exact) mass is 384 g/mol. The van der Waals surface area contributed by atoms with Gasteiger partial charge in [-0.2, -0.15) is 0 Å². The first-order chi connectivity index (χ1) is 13.8. The highest BCUT2D eigenvalue weighted by Gasteiger charge is 2.30. The van der Waals surface area contributed by atoms with E-state index in [0.717, 1.165) is 11.1 Å². The Balaban J connectivity index is 0.000000426. The molecule has 4 heteroatoms. The van der Waals surface area contributed by atoms with Gasteiger partial charge in [0.25, 0.3) is 0 Å². The van der Waals surface area contributed by atoms with Crippen LogP contribution in [0, 0.1) is 24.7 Å². The van der Waals surface area contributed by atoms with Gasteiger partial charge in [-0.25, -0.2) is 0 Å². The first-order valence-corrected chi connectivity index (χ1v) is 8.92. The minimum absolute atomic E-state index is 0.0695. The van der Waals surface area contributed by atoms with Crippen molar-refractivity contribution in [3.05, 3.63) is 82.9 Å². The maximum atomic E-state index is 9.77. The average Bonchev–Trinajstić information content (AvgIpc) is 2.73. The van der Waals surface area contributed by atoms with Crippen LogP contribution in [0.25, 0.3) is 0 Å². The van der Waals surface area contributed by atoms with E-state index in [1.807, 2.05) is 50.2 Å². The van der Waals surface area contributed by atoms with Crippen LogP contribution in [0.15, 0.2) is 60.7 Å². The minimum Gasteiger partial charge on any atom is -0.506 e. The zero-order chi connectivity index (χ0) is 21.6. The van der Waals surface area contributed by atoms with Gasteiger partial charge >= 0.3 is 0 Å². The lowest BCUT2D eigenvalue weighted by Crippen LogP contribution is -2.23. The summed E-state index contributed by atoms with van der Waals surface area (Å²) in [6.07, 6.45) is 11.1. The van der Waals surface area contributed by atoms with E-state index < -0.39 is 5.41 Å². The molecule has 29 heavy (non-hydrogen) atoms. The first kappa shape index (κ1) is 21.3. The highest BCUT2D eigenvalue weighted by molar-refractivity contribution is 5.72. The fraction of sp³-hybridized carbons (Fsp3) is 0.120. The molecule has 0 aliphatic rings. The van der Waals surface area contributed by atoms with Crippen LogP contribution >= 0.6 is 0 Å². The van der Waals surface area contributed by atoms with Crippen LogP contribution in [0.1, 0.15) is 36.1 Å².